The van der Waals surface area contributed by atoms with Gasteiger partial charge in [-0.15, -0.1) is 0 Å². The van der Waals surface area contributed by atoms with E-state index in [0.29, 0.717) is 17.9 Å². The second-order valence-corrected chi connectivity index (χ2v) is 8.64. The number of aryl methyl sites for hydroxylation is 3. The van der Waals surface area contributed by atoms with E-state index in [1.807, 2.05) is 74.5 Å². The van der Waals surface area contributed by atoms with Gasteiger partial charge in [0.2, 0.25) is 0 Å². The zero-order chi connectivity index (χ0) is 23.1. The highest BCUT2D eigenvalue weighted by atomic mass is 16.5. The van der Waals surface area contributed by atoms with Gasteiger partial charge >= 0.3 is 0 Å². The summed E-state index contributed by atoms with van der Waals surface area (Å²) in [6.45, 7) is 4.58. The molecule has 3 aromatic carbocycles. The minimum absolute atomic E-state index is 0.0999. The number of amides is 1. The third kappa shape index (κ3) is 3.59. The monoisotopic (exact) mass is 439 g/mol. The molecule has 1 saturated heterocycles. The van der Waals surface area contributed by atoms with Gasteiger partial charge < -0.3 is 9.84 Å². The zero-order valence-electron chi connectivity index (χ0n) is 18.7. The molecule has 0 bridgehead atoms. The lowest BCUT2D eigenvalue weighted by Gasteiger charge is -2.27. The van der Waals surface area contributed by atoms with Crippen LogP contribution in [0, 0.1) is 13.8 Å². The Morgan fingerprint density at radius 3 is 2.55 bits per heavy atom. The Bertz CT molecular complexity index is 1290. The SMILES string of the molecule is Cc1ccc(N2C(=O)C(=O)/C(=C(\O)c3ccc4c(c3)CCCO4)C2c2ccccc2)c(C)c1. The van der Waals surface area contributed by atoms with Crippen molar-refractivity contribution in [1.29, 1.82) is 0 Å². The fourth-order valence-electron chi connectivity index (χ4n) is 4.77. The fraction of sp³-hybridized carbons (Fsp3) is 0.214. The van der Waals surface area contributed by atoms with Gasteiger partial charge in [0.1, 0.15) is 11.5 Å². The lowest BCUT2D eigenvalue weighted by molar-refractivity contribution is -0.132. The molecule has 1 unspecified atom stereocenters. The summed E-state index contributed by atoms with van der Waals surface area (Å²) in [5.74, 6) is -0.690. The number of aliphatic hydroxyl groups excluding tert-OH is 1. The highest BCUT2D eigenvalue weighted by Gasteiger charge is 2.47. The summed E-state index contributed by atoms with van der Waals surface area (Å²) in [7, 11) is 0. The Labute approximate surface area is 192 Å². The van der Waals surface area contributed by atoms with E-state index in [4.69, 9.17) is 4.74 Å². The van der Waals surface area contributed by atoms with E-state index in [-0.39, 0.29) is 11.3 Å². The van der Waals surface area contributed by atoms with Gasteiger partial charge in [0.05, 0.1) is 18.2 Å². The molecule has 0 saturated carbocycles. The predicted octanol–water partition coefficient (Wildman–Crippen LogP) is 5.25. The topological polar surface area (TPSA) is 66.8 Å². The second-order valence-electron chi connectivity index (χ2n) is 8.64. The van der Waals surface area contributed by atoms with Gasteiger partial charge in [-0.2, -0.15) is 0 Å². The van der Waals surface area contributed by atoms with Crippen LogP contribution < -0.4 is 9.64 Å². The molecule has 33 heavy (non-hydrogen) atoms. The number of Topliss-reactive ketones (excluding diaryl/α,β-unsaturated/α-hetero) is 1. The van der Waals surface area contributed by atoms with Crippen molar-refractivity contribution in [2.75, 3.05) is 11.5 Å². The number of rotatable bonds is 3. The molecule has 0 spiro atoms. The molecule has 0 aromatic heterocycles. The highest BCUT2D eigenvalue weighted by Crippen LogP contribution is 2.43. The smallest absolute Gasteiger partial charge is 0.300 e. The van der Waals surface area contributed by atoms with Crippen LogP contribution in [0.4, 0.5) is 5.69 Å². The first-order valence-electron chi connectivity index (χ1n) is 11.1. The van der Waals surface area contributed by atoms with E-state index < -0.39 is 17.7 Å². The number of ketones is 1. The predicted molar refractivity (Wildman–Crippen MR) is 127 cm³/mol. The first kappa shape index (κ1) is 21.0. The maximum atomic E-state index is 13.3. The number of ether oxygens (including phenoxy) is 1. The number of nitrogens with zero attached hydrogens (tertiary/aromatic N) is 1. The number of carbonyl (C=O) groups excluding carboxylic acids is 2. The quantitative estimate of drug-likeness (QED) is 0.344. The Morgan fingerprint density at radius 2 is 1.79 bits per heavy atom. The van der Waals surface area contributed by atoms with Gasteiger partial charge in [-0.25, -0.2) is 0 Å². The molecule has 5 heteroatoms. The van der Waals surface area contributed by atoms with Crippen LogP contribution >= 0.6 is 0 Å². The summed E-state index contributed by atoms with van der Waals surface area (Å²) in [5.41, 5.74) is 4.99. The second kappa shape index (κ2) is 8.24. The van der Waals surface area contributed by atoms with Gasteiger partial charge in [-0.3, -0.25) is 14.5 Å². The van der Waals surface area contributed by atoms with Crippen LogP contribution in [0.25, 0.3) is 5.76 Å². The fourth-order valence-corrected chi connectivity index (χ4v) is 4.77. The first-order valence-corrected chi connectivity index (χ1v) is 11.1. The molecule has 1 N–H and O–H groups in total. The summed E-state index contributed by atoms with van der Waals surface area (Å²) >= 11 is 0. The number of aliphatic hydroxyl groups is 1. The van der Waals surface area contributed by atoms with E-state index in [1.165, 1.54) is 4.90 Å². The van der Waals surface area contributed by atoms with Crippen molar-refractivity contribution in [2.45, 2.75) is 32.7 Å². The Kier molecular flexibility index (Phi) is 5.25. The molecule has 1 atom stereocenters. The number of hydrogen-bond acceptors (Lipinski definition) is 4. The minimum atomic E-state index is -0.722. The van der Waals surface area contributed by atoms with Gasteiger partial charge in [0.15, 0.2) is 0 Å². The molecular formula is C28H25NO4. The van der Waals surface area contributed by atoms with Crippen molar-refractivity contribution in [1.82, 2.24) is 0 Å². The van der Waals surface area contributed by atoms with Crippen LogP contribution in [0.15, 0.2) is 72.3 Å². The summed E-state index contributed by atoms with van der Waals surface area (Å²) in [6, 6.07) is 19.8. The van der Waals surface area contributed by atoms with Crippen LogP contribution in [0.2, 0.25) is 0 Å². The minimum Gasteiger partial charge on any atom is -0.507 e. The van der Waals surface area contributed by atoms with Crippen molar-refractivity contribution in [2.24, 2.45) is 0 Å². The van der Waals surface area contributed by atoms with E-state index in [0.717, 1.165) is 40.8 Å². The molecular weight excluding hydrogens is 414 g/mol. The summed E-state index contributed by atoms with van der Waals surface area (Å²) < 4.78 is 5.68. The summed E-state index contributed by atoms with van der Waals surface area (Å²) in [5, 5.41) is 11.4. The van der Waals surface area contributed by atoms with E-state index in [1.54, 1.807) is 6.07 Å². The number of hydrogen-bond donors (Lipinski definition) is 1. The van der Waals surface area contributed by atoms with Crippen LogP contribution in [0.3, 0.4) is 0 Å². The third-order valence-corrected chi connectivity index (χ3v) is 6.35. The van der Waals surface area contributed by atoms with Crippen molar-refractivity contribution < 1.29 is 19.4 Å². The summed E-state index contributed by atoms with van der Waals surface area (Å²) in [4.78, 5) is 28.2. The molecule has 166 valence electrons. The standard InChI is InChI=1S/C28H25NO4/c1-17-10-12-22(18(2)15-17)29-25(19-7-4-3-5-8-19)24(27(31)28(29)32)26(30)21-11-13-23-20(16-21)9-6-14-33-23/h3-5,7-8,10-13,15-16,25,30H,6,9,14H2,1-2H3/b26-24-. The normalized spacial score (nSPS) is 19.3. The maximum Gasteiger partial charge on any atom is 0.300 e. The van der Waals surface area contributed by atoms with Crippen molar-refractivity contribution in [3.8, 4) is 5.75 Å². The number of benzene rings is 3. The molecule has 1 fully saturated rings. The molecule has 0 aliphatic carbocycles. The number of carbonyl (C=O) groups is 2. The molecule has 1 amide bonds. The van der Waals surface area contributed by atoms with E-state index >= 15 is 0 Å². The van der Waals surface area contributed by atoms with E-state index in [9.17, 15) is 14.7 Å². The summed E-state index contributed by atoms with van der Waals surface area (Å²) in [6.07, 6.45) is 1.74. The largest absolute Gasteiger partial charge is 0.507 e. The van der Waals surface area contributed by atoms with E-state index in [2.05, 4.69) is 0 Å². The first-order chi connectivity index (χ1) is 16.0. The van der Waals surface area contributed by atoms with Crippen LogP contribution in [0.1, 0.15) is 40.3 Å². The lowest BCUT2D eigenvalue weighted by Crippen LogP contribution is -2.30. The molecule has 5 rings (SSSR count). The van der Waals surface area contributed by atoms with Crippen LogP contribution in [-0.2, 0) is 16.0 Å². The van der Waals surface area contributed by atoms with Gasteiger partial charge in [0.25, 0.3) is 11.7 Å². The lowest BCUT2D eigenvalue weighted by atomic mass is 9.93. The van der Waals surface area contributed by atoms with Gasteiger partial charge in [-0.05, 0) is 67.6 Å². The molecule has 5 nitrogen and oxygen atoms in total. The molecule has 0 radical (unpaired) electrons. The Hall–Kier alpha value is -3.86. The van der Waals surface area contributed by atoms with Crippen molar-refractivity contribution in [3.63, 3.8) is 0 Å². The molecule has 3 aromatic rings. The van der Waals surface area contributed by atoms with Gasteiger partial charge in [0, 0.05) is 11.3 Å². The average Bonchev–Trinajstić information content (AvgIpc) is 3.09. The zero-order valence-corrected chi connectivity index (χ0v) is 18.7. The molecule has 2 heterocycles. The Balaban J connectivity index is 1.70. The number of anilines is 1. The number of fused-ring (bicyclic) bond motifs is 1. The van der Waals surface area contributed by atoms with Gasteiger partial charge in [-0.1, -0.05) is 48.0 Å². The molecule has 2 aliphatic heterocycles. The maximum absolute atomic E-state index is 13.3. The average molecular weight is 440 g/mol. The van der Waals surface area contributed by atoms with Crippen LogP contribution in [0.5, 0.6) is 5.75 Å². The van der Waals surface area contributed by atoms with Crippen molar-refractivity contribution >= 4 is 23.1 Å². The van der Waals surface area contributed by atoms with Crippen LogP contribution in [-0.4, -0.2) is 23.4 Å². The third-order valence-electron chi connectivity index (χ3n) is 6.35. The highest BCUT2D eigenvalue weighted by molar-refractivity contribution is 6.51. The van der Waals surface area contributed by atoms with Crippen molar-refractivity contribution in [3.05, 3.63) is 100 Å². The molecule has 2 aliphatic rings. The Morgan fingerprint density at radius 1 is 1.00 bits per heavy atom.